The summed E-state index contributed by atoms with van der Waals surface area (Å²) in [5.74, 6) is 0.914. The summed E-state index contributed by atoms with van der Waals surface area (Å²) in [4.78, 5) is 46.5. The first kappa shape index (κ1) is 21.2. The number of carbonyl (C=O) groups is 2. The molecule has 2 amide bonds. The molecule has 1 saturated heterocycles. The molecular weight excluding hydrogens is 406 g/mol. The van der Waals surface area contributed by atoms with E-state index in [0.717, 1.165) is 43.6 Å². The fourth-order valence-electron chi connectivity index (χ4n) is 5.76. The number of rotatable bonds is 4. The van der Waals surface area contributed by atoms with Crippen LogP contribution in [0.5, 0.6) is 0 Å². The van der Waals surface area contributed by atoms with Gasteiger partial charge in [-0.2, -0.15) is 0 Å². The van der Waals surface area contributed by atoms with Gasteiger partial charge >= 0.3 is 0 Å². The molecule has 3 aliphatic rings. The predicted octanol–water partition coefficient (Wildman–Crippen LogP) is 2.95. The van der Waals surface area contributed by atoms with Crippen molar-refractivity contribution in [3.05, 3.63) is 33.4 Å². The lowest BCUT2D eigenvalue weighted by Crippen LogP contribution is -2.39. The number of nitrogens with one attached hydrogen (secondary N) is 1. The monoisotopic (exact) mass is 439 g/mol. The Morgan fingerprint density at radius 3 is 2.69 bits per heavy atom. The molecule has 5 rings (SSSR count). The van der Waals surface area contributed by atoms with Gasteiger partial charge in [-0.25, -0.2) is 9.50 Å². The Morgan fingerprint density at radius 1 is 1.12 bits per heavy atom. The van der Waals surface area contributed by atoms with Crippen LogP contribution in [0.15, 0.2) is 10.9 Å². The van der Waals surface area contributed by atoms with E-state index in [2.05, 4.69) is 5.10 Å². The first-order chi connectivity index (χ1) is 15.5. The molecule has 32 heavy (non-hydrogen) atoms. The molecule has 2 aliphatic heterocycles. The van der Waals surface area contributed by atoms with Crippen LogP contribution in [0, 0.1) is 5.92 Å². The zero-order valence-electron chi connectivity index (χ0n) is 18.9. The molecule has 0 radical (unpaired) electrons. The third-order valence-electron chi connectivity index (χ3n) is 7.65. The minimum absolute atomic E-state index is 0.0266. The first-order valence-corrected chi connectivity index (χ1v) is 12.2. The number of hydrogen-bond acceptors (Lipinski definition) is 4. The molecule has 0 bridgehead atoms. The summed E-state index contributed by atoms with van der Waals surface area (Å²) in [6, 6.07) is 1.90. The highest BCUT2D eigenvalue weighted by molar-refractivity contribution is 5.77. The second-order valence-electron chi connectivity index (χ2n) is 9.73. The van der Waals surface area contributed by atoms with E-state index < -0.39 is 0 Å². The van der Waals surface area contributed by atoms with E-state index in [0.29, 0.717) is 43.1 Å². The maximum Gasteiger partial charge on any atom is 0.277 e. The van der Waals surface area contributed by atoms with Crippen molar-refractivity contribution in [2.24, 2.45) is 5.92 Å². The van der Waals surface area contributed by atoms with Gasteiger partial charge in [0.25, 0.3) is 5.56 Å². The number of carbonyl (C=O) groups excluding carboxylic acids is 2. The van der Waals surface area contributed by atoms with Crippen LogP contribution in [-0.2, 0) is 22.6 Å². The maximum absolute atomic E-state index is 13.2. The van der Waals surface area contributed by atoms with Crippen molar-refractivity contribution in [3.63, 3.8) is 0 Å². The number of likely N-dealkylation sites (tertiary alicyclic amines) is 1. The highest BCUT2D eigenvalue weighted by atomic mass is 16.2. The second kappa shape index (κ2) is 8.71. The Kier molecular flexibility index (Phi) is 5.78. The summed E-state index contributed by atoms with van der Waals surface area (Å²) in [6.45, 7) is 3.20. The van der Waals surface area contributed by atoms with Gasteiger partial charge in [0.15, 0.2) is 5.65 Å². The molecule has 4 heterocycles. The molecule has 0 unspecified atom stereocenters. The topological polar surface area (TPSA) is 90.8 Å². The molecule has 2 fully saturated rings. The van der Waals surface area contributed by atoms with E-state index in [9.17, 15) is 14.4 Å². The molecule has 0 spiro atoms. The van der Waals surface area contributed by atoms with Crippen LogP contribution in [0.4, 0.5) is 0 Å². The Morgan fingerprint density at radius 2 is 1.91 bits per heavy atom. The number of nitrogens with zero attached hydrogens (tertiary/aromatic N) is 4. The molecule has 1 N–H and O–H groups in total. The fourth-order valence-corrected chi connectivity index (χ4v) is 5.76. The lowest BCUT2D eigenvalue weighted by molar-refractivity contribution is -0.135. The average molecular weight is 440 g/mol. The van der Waals surface area contributed by atoms with Crippen molar-refractivity contribution in [1.29, 1.82) is 0 Å². The summed E-state index contributed by atoms with van der Waals surface area (Å²) in [5.41, 5.74) is 2.71. The van der Waals surface area contributed by atoms with Gasteiger partial charge in [0, 0.05) is 38.9 Å². The molecule has 2 aromatic rings. The van der Waals surface area contributed by atoms with E-state index in [1.807, 2.05) is 11.0 Å². The summed E-state index contributed by atoms with van der Waals surface area (Å²) >= 11 is 0. The number of H-pyrrole nitrogens is 1. The molecule has 172 valence electrons. The van der Waals surface area contributed by atoms with Gasteiger partial charge < -0.3 is 9.80 Å². The lowest BCUT2D eigenvalue weighted by atomic mass is 9.97. The van der Waals surface area contributed by atoms with E-state index in [1.54, 1.807) is 4.90 Å². The standard InChI is InChI=1S/C24H33N5O3/c1-16(30)27-13-11-19-18(15-27)24(32)29-22(25-19)14-20(26-29)21-8-4-5-12-28(21)23(31)10-9-17-6-2-3-7-17/h14,17,21,26H,2-13,15H2,1H3/t21-/m1/s1. The Balaban J connectivity index is 1.40. The van der Waals surface area contributed by atoms with Crippen LogP contribution in [0.3, 0.4) is 0 Å². The van der Waals surface area contributed by atoms with E-state index in [4.69, 9.17) is 4.98 Å². The Labute approximate surface area is 188 Å². The molecule has 0 aromatic carbocycles. The molecule has 2 aromatic heterocycles. The number of aromatic nitrogens is 3. The van der Waals surface area contributed by atoms with Crippen LogP contribution >= 0.6 is 0 Å². The van der Waals surface area contributed by atoms with Gasteiger partial charge in [0.2, 0.25) is 11.8 Å². The quantitative estimate of drug-likeness (QED) is 0.793. The van der Waals surface area contributed by atoms with Crippen molar-refractivity contribution in [3.8, 4) is 0 Å². The maximum atomic E-state index is 13.2. The van der Waals surface area contributed by atoms with Crippen LogP contribution in [0.25, 0.3) is 5.65 Å². The van der Waals surface area contributed by atoms with Crippen molar-refractivity contribution < 1.29 is 9.59 Å². The van der Waals surface area contributed by atoms with Gasteiger partial charge in [0.1, 0.15) is 0 Å². The van der Waals surface area contributed by atoms with Crippen LogP contribution in [0.2, 0.25) is 0 Å². The zero-order valence-corrected chi connectivity index (χ0v) is 18.9. The summed E-state index contributed by atoms with van der Waals surface area (Å²) in [5, 5.41) is 3.25. The summed E-state index contributed by atoms with van der Waals surface area (Å²) in [6.07, 6.45) is 10.3. The predicted molar refractivity (Wildman–Crippen MR) is 120 cm³/mol. The molecular formula is C24H33N5O3. The number of amides is 2. The zero-order chi connectivity index (χ0) is 22.2. The fraction of sp³-hybridized carbons (Fsp3) is 0.667. The van der Waals surface area contributed by atoms with Gasteiger partial charge in [-0.05, 0) is 31.6 Å². The third-order valence-corrected chi connectivity index (χ3v) is 7.65. The first-order valence-electron chi connectivity index (χ1n) is 12.2. The summed E-state index contributed by atoms with van der Waals surface area (Å²) in [7, 11) is 0. The highest BCUT2D eigenvalue weighted by Gasteiger charge is 2.31. The van der Waals surface area contributed by atoms with Crippen LogP contribution < -0.4 is 5.56 Å². The van der Waals surface area contributed by atoms with Gasteiger partial charge in [0.05, 0.1) is 29.5 Å². The van der Waals surface area contributed by atoms with Crippen molar-refractivity contribution >= 4 is 17.5 Å². The van der Waals surface area contributed by atoms with Crippen molar-refractivity contribution in [2.75, 3.05) is 13.1 Å². The number of hydrogen-bond donors (Lipinski definition) is 1. The molecule has 1 aliphatic carbocycles. The van der Waals surface area contributed by atoms with E-state index in [-0.39, 0.29) is 23.4 Å². The van der Waals surface area contributed by atoms with Crippen molar-refractivity contribution in [2.45, 2.75) is 83.7 Å². The number of fused-ring (bicyclic) bond motifs is 2. The Hall–Kier alpha value is -2.64. The normalized spacial score (nSPS) is 21.8. The minimum atomic E-state index is -0.142. The van der Waals surface area contributed by atoms with E-state index in [1.165, 1.54) is 37.1 Å². The van der Waals surface area contributed by atoms with E-state index >= 15 is 0 Å². The SMILES string of the molecule is CC(=O)N1CCc2nc3cc([C@H]4CCCCN4C(=O)CCC4CCCC4)[nH]n3c(=O)c2C1. The largest absolute Gasteiger partial charge is 0.338 e. The molecule has 1 atom stereocenters. The number of piperidine rings is 1. The van der Waals surface area contributed by atoms with Crippen molar-refractivity contribution in [1.82, 2.24) is 24.4 Å². The smallest absolute Gasteiger partial charge is 0.277 e. The summed E-state index contributed by atoms with van der Waals surface area (Å²) < 4.78 is 1.49. The lowest BCUT2D eigenvalue weighted by Gasteiger charge is -2.35. The minimum Gasteiger partial charge on any atom is -0.338 e. The third kappa shape index (κ3) is 3.95. The highest BCUT2D eigenvalue weighted by Crippen LogP contribution is 2.33. The second-order valence-corrected chi connectivity index (χ2v) is 9.73. The Bertz CT molecular complexity index is 1080. The van der Waals surface area contributed by atoms with Gasteiger partial charge in [-0.1, -0.05) is 25.7 Å². The molecule has 8 heteroatoms. The van der Waals surface area contributed by atoms with Crippen LogP contribution in [0.1, 0.15) is 87.7 Å². The number of aromatic amines is 1. The molecule has 1 saturated carbocycles. The van der Waals surface area contributed by atoms with Gasteiger partial charge in [-0.3, -0.25) is 19.5 Å². The molecule has 8 nitrogen and oxygen atoms in total. The van der Waals surface area contributed by atoms with Gasteiger partial charge in [-0.15, -0.1) is 0 Å². The average Bonchev–Trinajstić information content (AvgIpc) is 3.47. The van der Waals surface area contributed by atoms with Crippen LogP contribution in [-0.4, -0.2) is 49.3 Å².